The number of carbonyl (C=O) groups excluding carboxylic acids is 2. The van der Waals surface area contributed by atoms with Crippen molar-refractivity contribution in [3.8, 4) is 0 Å². The maximum Gasteiger partial charge on any atom is 0.337 e. The van der Waals surface area contributed by atoms with Crippen LogP contribution in [0.25, 0.3) is 0 Å². The number of rotatable bonds is 5. The van der Waals surface area contributed by atoms with E-state index in [1.165, 1.54) is 6.07 Å². The summed E-state index contributed by atoms with van der Waals surface area (Å²) in [5, 5.41) is 14.8. The number of fused-ring (bicyclic) bond motifs is 1. The topological polar surface area (TPSA) is 95.5 Å². The van der Waals surface area contributed by atoms with Crippen LogP contribution in [0, 0.1) is 12.8 Å². The molecule has 26 heavy (non-hydrogen) atoms. The predicted molar refractivity (Wildman–Crippen MR) is 98.3 cm³/mol. The molecule has 2 amide bonds. The van der Waals surface area contributed by atoms with Gasteiger partial charge in [-0.25, -0.2) is 4.79 Å². The molecule has 1 atom stereocenters. The van der Waals surface area contributed by atoms with Crippen LogP contribution in [-0.4, -0.2) is 22.9 Å². The lowest BCUT2D eigenvalue weighted by Crippen LogP contribution is -2.30. The second-order valence-electron chi connectivity index (χ2n) is 6.49. The average Bonchev–Trinajstić information content (AvgIpc) is 2.61. The lowest BCUT2D eigenvalue weighted by Gasteiger charge is -2.24. The normalized spacial score (nSPS) is 15.7. The molecular formula is C20H20N2O4. The van der Waals surface area contributed by atoms with Crippen LogP contribution in [0.15, 0.2) is 42.5 Å². The van der Waals surface area contributed by atoms with Gasteiger partial charge in [0, 0.05) is 18.0 Å². The third-order valence-electron chi connectivity index (χ3n) is 4.51. The molecule has 1 unspecified atom stereocenters. The van der Waals surface area contributed by atoms with Crippen LogP contribution in [0.2, 0.25) is 0 Å². The number of carboxylic acid groups (broad SMARTS) is 1. The summed E-state index contributed by atoms with van der Waals surface area (Å²) in [6.07, 6.45) is 1.15. The smallest absolute Gasteiger partial charge is 0.337 e. The fourth-order valence-corrected chi connectivity index (χ4v) is 3.11. The van der Waals surface area contributed by atoms with E-state index in [2.05, 4.69) is 10.6 Å². The number of carbonyl (C=O) groups is 3. The molecule has 134 valence electrons. The fraction of sp³-hybridized carbons (Fsp3) is 0.250. The molecular weight excluding hydrogens is 332 g/mol. The van der Waals surface area contributed by atoms with Gasteiger partial charge in [-0.1, -0.05) is 29.8 Å². The number of anilines is 2. The first kappa shape index (κ1) is 17.7. The number of hydrogen-bond acceptors (Lipinski definition) is 3. The van der Waals surface area contributed by atoms with Crippen molar-refractivity contribution < 1.29 is 19.5 Å². The first-order valence-electron chi connectivity index (χ1n) is 8.46. The van der Waals surface area contributed by atoms with Crippen LogP contribution in [0.4, 0.5) is 11.4 Å². The number of aromatic carboxylic acids is 1. The van der Waals surface area contributed by atoms with Crippen molar-refractivity contribution in [1.29, 1.82) is 0 Å². The molecule has 0 aromatic heterocycles. The fourth-order valence-electron chi connectivity index (χ4n) is 3.11. The third-order valence-corrected chi connectivity index (χ3v) is 4.51. The number of amides is 2. The molecule has 0 spiro atoms. The largest absolute Gasteiger partial charge is 0.478 e. The van der Waals surface area contributed by atoms with Crippen molar-refractivity contribution in [3.63, 3.8) is 0 Å². The molecule has 6 nitrogen and oxygen atoms in total. The highest BCUT2D eigenvalue weighted by atomic mass is 16.4. The molecule has 1 aliphatic heterocycles. The average molecular weight is 352 g/mol. The first-order valence-corrected chi connectivity index (χ1v) is 8.46. The zero-order valence-corrected chi connectivity index (χ0v) is 14.4. The number of para-hydroxylation sites is 1. The minimum absolute atomic E-state index is 0.0580. The van der Waals surface area contributed by atoms with Crippen molar-refractivity contribution in [2.75, 3.05) is 10.6 Å². The third kappa shape index (κ3) is 3.91. The first-order chi connectivity index (χ1) is 12.4. The van der Waals surface area contributed by atoms with Crippen LogP contribution < -0.4 is 10.6 Å². The zero-order valence-electron chi connectivity index (χ0n) is 14.4. The standard InChI is InChI=1S/C20H20N2O4/c1-12-6-8-17(15(10-12)20(25)26)21-18(23)9-7-14-11-13-4-2-3-5-16(13)22-19(14)24/h2-6,8,10,14H,7,9,11H2,1H3,(H,21,23)(H,22,24)(H,25,26). The second-order valence-corrected chi connectivity index (χ2v) is 6.49. The summed E-state index contributed by atoms with van der Waals surface area (Å²) in [7, 11) is 0. The Morgan fingerprint density at radius 1 is 1.23 bits per heavy atom. The molecule has 0 fully saturated rings. The highest BCUT2D eigenvalue weighted by molar-refractivity contribution is 6.01. The van der Waals surface area contributed by atoms with Gasteiger partial charge in [-0.3, -0.25) is 9.59 Å². The molecule has 2 aromatic carbocycles. The van der Waals surface area contributed by atoms with Crippen molar-refractivity contribution in [2.24, 2.45) is 5.92 Å². The monoisotopic (exact) mass is 352 g/mol. The Morgan fingerprint density at radius 2 is 2.00 bits per heavy atom. The van der Waals surface area contributed by atoms with E-state index in [0.29, 0.717) is 12.8 Å². The number of carboxylic acids is 1. The van der Waals surface area contributed by atoms with Gasteiger partial charge in [0.1, 0.15) is 0 Å². The molecule has 0 saturated carbocycles. The number of hydrogen-bond donors (Lipinski definition) is 3. The zero-order chi connectivity index (χ0) is 18.7. The van der Waals surface area contributed by atoms with Crippen LogP contribution >= 0.6 is 0 Å². The van der Waals surface area contributed by atoms with E-state index in [1.54, 1.807) is 19.1 Å². The summed E-state index contributed by atoms with van der Waals surface area (Å²) < 4.78 is 0. The van der Waals surface area contributed by atoms with E-state index in [-0.39, 0.29) is 35.4 Å². The van der Waals surface area contributed by atoms with E-state index < -0.39 is 5.97 Å². The van der Waals surface area contributed by atoms with Crippen molar-refractivity contribution >= 4 is 29.2 Å². The second kappa shape index (κ2) is 7.39. The Balaban J connectivity index is 1.62. The van der Waals surface area contributed by atoms with Crippen molar-refractivity contribution in [3.05, 3.63) is 59.2 Å². The van der Waals surface area contributed by atoms with Gasteiger partial charge in [-0.05, 0) is 43.5 Å². The summed E-state index contributed by atoms with van der Waals surface area (Å²) in [5.41, 5.74) is 3.01. The molecule has 2 aromatic rings. The van der Waals surface area contributed by atoms with Crippen LogP contribution in [0.3, 0.4) is 0 Å². The van der Waals surface area contributed by atoms with E-state index >= 15 is 0 Å². The van der Waals surface area contributed by atoms with Gasteiger partial charge in [0.25, 0.3) is 0 Å². The number of aryl methyl sites for hydroxylation is 1. The van der Waals surface area contributed by atoms with Crippen molar-refractivity contribution in [1.82, 2.24) is 0 Å². The van der Waals surface area contributed by atoms with E-state index in [0.717, 1.165) is 16.8 Å². The SMILES string of the molecule is Cc1ccc(NC(=O)CCC2Cc3ccccc3NC2=O)c(C(=O)O)c1. The van der Waals surface area contributed by atoms with Crippen LogP contribution in [-0.2, 0) is 16.0 Å². The molecule has 0 aliphatic carbocycles. The van der Waals surface area contributed by atoms with Crippen LogP contribution in [0.1, 0.15) is 34.3 Å². The Kier molecular flexibility index (Phi) is 5.02. The van der Waals surface area contributed by atoms with E-state index in [1.807, 2.05) is 24.3 Å². The highest BCUT2D eigenvalue weighted by Gasteiger charge is 2.26. The number of benzene rings is 2. The predicted octanol–water partition coefficient (Wildman–Crippen LogP) is 3.22. The lowest BCUT2D eigenvalue weighted by molar-refractivity contribution is -0.121. The molecule has 0 saturated heterocycles. The molecule has 3 N–H and O–H groups in total. The van der Waals surface area contributed by atoms with E-state index in [4.69, 9.17) is 0 Å². The Morgan fingerprint density at radius 3 is 2.77 bits per heavy atom. The summed E-state index contributed by atoms with van der Waals surface area (Å²) >= 11 is 0. The molecule has 0 bridgehead atoms. The summed E-state index contributed by atoms with van der Waals surface area (Å²) in [5.74, 6) is -1.75. The maximum atomic E-state index is 12.2. The lowest BCUT2D eigenvalue weighted by atomic mass is 9.89. The van der Waals surface area contributed by atoms with Gasteiger partial charge in [0.15, 0.2) is 0 Å². The van der Waals surface area contributed by atoms with Gasteiger partial charge in [-0.2, -0.15) is 0 Å². The Hall–Kier alpha value is -3.15. The molecule has 6 heteroatoms. The minimum Gasteiger partial charge on any atom is -0.478 e. The molecule has 1 aliphatic rings. The van der Waals surface area contributed by atoms with Gasteiger partial charge < -0.3 is 15.7 Å². The van der Waals surface area contributed by atoms with Gasteiger partial charge >= 0.3 is 5.97 Å². The summed E-state index contributed by atoms with van der Waals surface area (Å²) in [6.45, 7) is 1.79. The van der Waals surface area contributed by atoms with Gasteiger partial charge in [0.05, 0.1) is 11.3 Å². The van der Waals surface area contributed by atoms with E-state index in [9.17, 15) is 19.5 Å². The number of nitrogens with one attached hydrogen (secondary N) is 2. The maximum absolute atomic E-state index is 12.2. The molecule has 1 heterocycles. The summed E-state index contributed by atoms with van der Waals surface area (Å²) in [6, 6.07) is 12.5. The van der Waals surface area contributed by atoms with Crippen LogP contribution in [0.5, 0.6) is 0 Å². The minimum atomic E-state index is -1.09. The Labute approximate surface area is 151 Å². The molecule has 3 rings (SSSR count). The highest BCUT2D eigenvalue weighted by Crippen LogP contribution is 2.27. The van der Waals surface area contributed by atoms with Crippen molar-refractivity contribution in [2.45, 2.75) is 26.2 Å². The molecule has 0 radical (unpaired) electrons. The van der Waals surface area contributed by atoms with Gasteiger partial charge in [-0.15, -0.1) is 0 Å². The van der Waals surface area contributed by atoms with Gasteiger partial charge in [0.2, 0.25) is 11.8 Å². The Bertz CT molecular complexity index is 876. The quantitative estimate of drug-likeness (QED) is 0.770. The summed E-state index contributed by atoms with van der Waals surface area (Å²) in [4.78, 5) is 35.7.